The van der Waals surface area contributed by atoms with Gasteiger partial charge in [-0.3, -0.25) is 9.59 Å². The number of nitrogens with zero attached hydrogens (tertiary/aromatic N) is 2. The van der Waals surface area contributed by atoms with E-state index < -0.39 is 0 Å². The van der Waals surface area contributed by atoms with Crippen LogP contribution in [-0.4, -0.2) is 77.1 Å². The van der Waals surface area contributed by atoms with E-state index in [1.807, 2.05) is 0 Å². The number of rotatable bonds is 33. The van der Waals surface area contributed by atoms with Crippen molar-refractivity contribution in [1.29, 1.82) is 0 Å². The average Bonchev–Trinajstić information content (AvgIpc) is 2.98. The zero-order valence-corrected chi connectivity index (χ0v) is 30.0. The van der Waals surface area contributed by atoms with Gasteiger partial charge in [0.25, 0.3) is 0 Å². The molecule has 0 heterocycles. The molecule has 42 heavy (non-hydrogen) atoms. The van der Waals surface area contributed by atoms with Crippen LogP contribution in [0.3, 0.4) is 0 Å². The van der Waals surface area contributed by atoms with Gasteiger partial charge in [0, 0.05) is 32.5 Å². The fourth-order valence-corrected chi connectivity index (χ4v) is 5.90. The Kier molecular flexibility index (Phi) is 33.2. The number of halogens is 1. The molecule has 1 N–H and O–H groups in total. The topological polar surface area (TPSA) is 70.1 Å². The minimum Gasteiger partial charge on any atom is -0.466 e. The lowest BCUT2D eigenvalue weighted by molar-refractivity contribution is -0.144. The third kappa shape index (κ3) is 28.4. The first kappa shape index (κ1) is 41.6. The molecule has 7 heteroatoms. The highest BCUT2D eigenvalue weighted by Crippen LogP contribution is 2.12. The highest BCUT2D eigenvalue weighted by atomic mass is 127. The van der Waals surface area contributed by atoms with Gasteiger partial charge < -0.3 is 19.6 Å². The van der Waals surface area contributed by atoms with E-state index in [0.29, 0.717) is 25.4 Å². The number of amides is 1. The van der Waals surface area contributed by atoms with Gasteiger partial charge >= 0.3 is 5.97 Å². The summed E-state index contributed by atoms with van der Waals surface area (Å²) in [6.07, 6.45) is 25.6. The first-order valence-corrected chi connectivity index (χ1v) is 19.4. The molecular formula is C35H69IN2O4. The number of carbonyl (C=O) groups is 2. The normalized spacial score (nSPS) is 11.4. The standard InChI is InChI=1S/C35H69IN2O4/c1-3-5-7-9-10-14-23-33-42-35(41)25-17-15-20-28-37(31-32-39)27-19-13-11-12-16-24-34(40)38(30-22-18-26-36)29-21-8-6-4-2/h39H,3-33H2,1-2H3. The first-order valence-electron chi connectivity index (χ1n) is 17.9. The lowest BCUT2D eigenvalue weighted by atomic mass is 10.1. The van der Waals surface area contributed by atoms with Crippen LogP contribution in [0, 0.1) is 0 Å². The Hall–Kier alpha value is -0.410. The molecule has 0 aliphatic heterocycles. The SMILES string of the molecule is CCCCCCCCCOC(=O)CCCCCN(CCO)CCCCCCCC(=O)N(CCCCI)CCCCCC. The van der Waals surface area contributed by atoms with Crippen molar-refractivity contribution >= 4 is 34.5 Å². The summed E-state index contributed by atoms with van der Waals surface area (Å²) in [6, 6.07) is 0. The van der Waals surface area contributed by atoms with Crippen LogP contribution in [0.2, 0.25) is 0 Å². The Balaban J connectivity index is 3.88. The third-order valence-electron chi connectivity index (χ3n) is 8.09. The van der Waals surface area contributed by atoms with Crippen LogP contribution in [0.15, 0.2) is 0 Å². The first-order chi connectivity index (χ1) is 20.6. The van der Waals surface area contributed by atoms with Crippen LogP contribution in [-0.2, 0) is 14.3 Å². The highest BCUT2D eigenvalue weighted by Gasteiger charge is 2.12. The summed E-state index contributed by atoms with van der Waals surface area (Å²) < 4.78 is 6.56. The van der Waals surface area contributed by atoms with E-state index in [1.54, 1.807) is 0 Å². The molecule has 0 aliphatic rings. The van der Waals surface area contributed by atoms with Crippen molar-refractivity contribution in [2.24, 2.45) is 0 Å². The summed E-state index contributed by atoms with van der Waals surface area (Å²) in [5, 5.41) is 9.47. The van der Waals surface area contributed by atoms with Crippen LogP contribution in [0.25, 0.3) is 0 Å². The average molecular weight is 709 g/mol. The third-order valence-corrected chi connectivity index (χ3v) is 8.86. The minimum absolute atomic E-state index is 0.0502. The number of unbranched alkanes of at least 4 members (excludes halogenated alkanes) is 16. The fourth-order valence-electron chi connectivity index (χ4n) is 5.36. The zero-order chi connectivity index (χ0) is 30.9. The van der Waals surface area contributed by atoms with Crippen molar-refractivity contribution in [1.82, 2.24) is 9.80 Å². The number of carbonyl (C=O) groups excluding carboxylic acids is 2. The summed E-state index contributed by atoms with van der Waals surface area (Å²) in [5.41, 5.74) is 0. The highest BCUT2D eigenvalue weighted by molar-refractivity contribution is 14.1. The number of alkyl halides is 1. The van der Waals surface area contributed by atoms with Crippen LogP contribution in [0.1, 0.15) is 162 Å². The molecule has 0 fully saturated rings. The number of hydrogen-bond donors (Lipinski definition) is 1. The molecule has 0 aromatic heterocycles. The summed E-state index contributed by atoms with van der Waals surface area (Å²) in [5.74, 6) is 0.307. The largest absolute Gasteiger partial charge is 0.466 e. The minimum atomic E-state index is -0.0502. The van der Waals surface area contributed by atoms with E-state index in [-0.39, 0.29) is 12.6 Å². The van der Waals surface area contributed by atoms with Gasteiger partial charge in [-0.15, -0.1) is 0 Å². The summed E-state index contributed by atoms with van der Waals surface area (Å²) in [7, 11) is 0. The second kappa shape index (κ2) is 33.5. The molecule has 0 unspecified atom stereocenters. The molecule has 250 valence electrons. The number of aliphatic hydroxyl groups is 1. The second-order valence-electron chi connectivity index (χ2n) is 12.1. The molecule has 0 atom stereocenters. The Bertz CT molecular complexity index is 593. The Morgan fingerprint density at radius 1 is 0.571 bits per heavy atom. The molecular weight excluding hydrogens is 639 g/mol. The van der Waals surface area contributed by atoms with Crippen molar-refractivity contribution in [2.75, 3.05) is 50.4 Å². The van der Waals surface area contributed by atoms with Crippen LogP contribution in [0.5, 0.6) is 0 Å². The van der Waals surface area contributed by atoms with Crippen molar-refractivity contribution in [3.05, 3.63) is 0 Å². The molecule has 6 nitrogen and oxygen atoms in total. The maximum atomic E-state index is 12.8. The molecule has 0 rings (SSSR count). The van der Waals surface area contributed by atoms with Gasteiger partial charge in [0.15, 0.2) is 0 Å². The maximum Gasteiger partial charge on any atom is 0.305 e. The number of hydrogen-bond acceptors (Lipinski definition) is 5. The summed E-state index contributed by atoms with van der Waals surface area (Å²) in [4.78, 5) is 29.3. The van der Waals surface area contributed by atoms with E-state index in [1.165, 1.54) is 75.1 Å². The molecule has 0 aliphatic carbocycles. The molecule has 0 bridgehead atoms. The second-order valence-corrected chi connectivity index (χ2v) is 13.2. The summed E-state index contributed by atoms with van der Waals surface area (Å²) in [6.45, 7) is 9.82. The van der Waals surface area contributed by atoms with Gasteiger partial charge in [-0.25, -0.2) is 0 Å². The molecule has 0 saturated carbocycles. The van der Waals surface area contributed by atoms with Crippen molar-refractivity contribution in [2.45, 2.75) is 162 Å². The molecule has 0 spiro atoms. The summed E-state index contributed by atoms with van der Waals surface area (Å²) >= 11 is 2.42. The van der Waals surface area contributed by atoms with Crippen molar-refractivity contribution in [3.63, 3.8) is 0 Å². The predicted molar refractivity (Wildman–Crippen MR) is 187 cm³/mol. The quantitative estimate of drug-likeness (QED) is 0.0319. The van der Waals surface area contributed by atoms with E-state index in [2.05, 4.69) is 46.2 Å². The molecule has 0 radical (unpaired) electrons. The zero-order valence-electron chi connectivity index (χ0n) is 27.9. The Labute approximate surface area is 274 Å². The fraction of sp³-hybridized carbons (Fsp3) is 0.943. The van der Waals surface area contributed by atoms with E-state index in [9.17, 15) is 14.7 Å². The van der Waals surface area contributed by atoms with Crippen molar-refractivity contribution < 1.29 is 19.4 Å². The van der Waals surface area contributed by atoms with Gasteiger partial charge in [0.2, 0.25) is 5.91 Å². The van der Waals surface area contributed by atoms with Crippen molar-refractivity contribution in [3.8, 4) is 0 Å². The van der Waals surface area contributed by atoms with Crippen LogP contribution in [0.4, 0.5) is 0 Å². The van der Waals surface area contributed by atoms with Gasteiger partial charge in [0.05, 0.1) is 13.2 Å². The maximum absolute atomic E-state index is 12.8. The monoisotopic (exact) mass is 708 g/mol. The predicted octanol–water partition coefficient (Wildman–Crippen LogP) is 9.10. The number of ether oxygens (including phenoxy) is 1. The smallest absolute Gasteiger partial charge is 0.305 e. The lowest BCUT2D eigenvalue weighted by Crippen LogP contribution is -2.32. The Morgan fingerprint density at radius 2 is 1.05 bits per heavy atom. The molecule has 1 amide bonds. The number of esters is 1. The van der Waals surface area contributed by atoms with E-state index in [0.717, 1.165) is 96.9 Å². The van der Waals surface area contributed by atoms with Gasteiger partial charge in [0.1, 0.15) is 0 Å². The Morgan fingerprint density at radius 3 is 1.67 bits per heavy atom. The van der Waals surface area contributed by atoms with E-state index in [4.69, 9.17) is 4.74 Å². The molecule has 0 saturated heterocycles. The van der Waals surface area contributed by atoms with Gasteiger partial charge in [-0.05, 0) is 68.9 Å². The molecule has 0 aromatic carbocycles. The van der Waals surface area contributed by atoms with Gasteiger partial charge in [-0.1, -0.05) is 120 Å². The molecule has 0 aromatic rings. The number of aliphatic hydroxyl groups excluding tert-OH is 1. The van der Waals surface area contributed by atoms with Crippen LogP contribution >= 0.6 is 22.6 Å². The van der Waals surface area contributed by atoms with Gasteiger partial charge in [-0.2, -0.15) is 0 Å². The van der Waals surface area contributed by atoms with Crippen LogP contribution < -0.4 is 0 Å². The van der Waals surface area contributed by atoms with E-state index >= 15 is 0 Å². The lowest BCUT2D eigenvalue weighted by Gasteiger charge is -2.23.